The Bertz CT molecular complexity index is 500. The number of para-hydroxylation sites is 1. The molecule has 0 radical (unpaired) electrons. The zero-order valence-electron chi connectivity index (χ0n) is 10.9. The minimum absolute atomic E-state index is 0.0669. The molecule has 74 valence electrons. The van der Waals surface area contributed by atoms with Gasteiger partial charge in [-0.05, 0) is 28.1 Å². The molecule has 5 heteroatoms. The molecule has 0 aliphatic carbocycles. The second-order valence-electron chi connectivity index (χ2n) is 2.54. The Morgan fingerprint density at radius 2 is 2.50 bits per heavy atom. The molecule has 0 bridgehead atoms. The van der Waals surface area contributed by atoms with Crippen LogP contribution in [-0.2, 0) is 0 Å². The van der Waals surface area contributed by atoms with E-state index in [4.69, 9.17) is 5.48 Å². The van der Waals surface area contributed by atoms with Crippen LogP contribution in [0.1, 0.15) is 5.48 Å². The van der Waals surface area contributed by atoms with E-state index in [0.29, 0.717) is 4.47 Å². The monoisotopic (exact) mass is 261 g/mol. The summed E-state index contributed by atoms with van der Waals surface area (Å²) in [5, 5.41) is 4.76. The number of nitrogens with one attached hydrogen (secondary N) is 2. The zero-order valence-corrected chi connectivity index (χ0v) is 8.52. The molecule has 2 N–H and O–H groups in total. The lowest BCUT2D eigenvalue weighted by Crippen LogP contribution is -2.26. The SMILES string of the molecule is [2H]C1([2H])N=C(Nc2c(F)cccc2Br)NC1([2H])[2H]. The first kappa shape index (κ1) is 5.70. The first-order valence-electron chi connectivity index (χ1n) is 5.82. The van der Waals surface area contributed by atoms with Crippen molar-refractivity contribution in [3.63, 3.8) is 0 Å². The van der Waals surface area contributed by atoms with Gasteiger partial charge in [0, 0.05) is 11.0 Å². The summed E-state index contributed by atoms with van der Waals surface area (Å²) in [6, 6.07) is 4.34. The third-order valence-corrected chi connectivity index (χ3v) is 2.27. The van der Waals surface area contributed by atoms with Gasteiger partial charge in [0.05, 0.1) is 17.7 Å². The number of rotatable bonds is 1. The fourth-order valence-corrected chi connectivity index (χ4v) is 1.43. The van der Waals surface area contributed by atoms with Crippen LogP contribution in [0.3, 0.4) is 0 Å². The highest BCUT2D eigenvalue weighted by molar-refractivity contribution is 9.10. The second kappa shape index (κ2) is 3.96. The van der Waals surface area contributed by atoms with E-state index in [1.165, 1.54) is 12.1 Å². The molecule has 1 aromatic rings. The summed E-state index contributed by atoms with van der Waals surface area (Å²) in [4.78, 5) is 3.52. The Balaban J connectivity index is 2.27. The summed E-state index contributed by atoms with van der Waals surface area (Å²) in [7, 11) is 0. The van der Waals surface area contributed by atoms with Crippen LogP contribution in [0.5, 0.6) is 0 Å². The standard InChI is InChI=1S/C9H9BrFN3/c10-6-2-1-3-7(11)8(6)14-9-12-4-5-13-9/h1-3H,4-5H2,(H2,12,13,14)/i4D2,5D2. The summed E-state index contributed by atoms with van der Waals surface area (Å²) in [6.45, 7) is -4.75. The van der Waals surface area contributed by atoms with Crippen LogP contribution < -0.4 is 10.6 Å². The van der Waals surface area contributed by atoms with Crippen LogP contribution in [0, 0.1) is 5.82 Å². The number of halogens is 2. The number of aliphatic imine (C=N–C) groups is 1. The van der Waals surface area contributed by atoms with E-state index in [1.807, 2.05) is 0 Å². The second-order valence-corrected chi connectivity index (χ2v) is 3.40. The Labute approximate surface area is 95.2 Å². The molecule has 1 aliphatic rings. The summed E-state index contributed by atoms with van der Waals surface area (Å²) < 4.78 is 43.6. The highest BCUT2D eigenvalue weighted by Gasteiger charge is 2.10. The van der Waals surface area contributed by atoms with Crippen LogP contribution in [0.4, 0.5) is 10.1 Å². The first-order chi connectivity index (χ1) is 8.23. The van der Waals surface area contributed by atoms with Crippen molar-refractivity contribution in [3.05, 3.63) is 28.5 Å². The maximum absolute atomic E-state index is 13.5. The van der Waals surface area contributed by atoms with E-state index in [0.717, 1.165) is 0 Å². The number of hydrogen-bond acceptors (Lipinski definition) is 3. The third kappa shape index (κ3) is 1.87. The van der Waals surface area contributed by atoms with Gasteiger partial charge < -0.3 is 10.6 Å². The fraction of sp³-hybridized carbons (Fsp3) is 0.222. The van der Waals surface area contributed by atoms with Gasteiger partial charge in [0.2, 0.25) is 0 Å². The minimum atomic E-state index is -2.41. The average molecular weight is 262 g/mol. The quantitative estimate of drug-likeness (QED) is 0.811. The molecule has 0 atom stereocenters. The average Bonchev–Trinajstić information content (AvgIpc) is 2.42. The molecule has 1 aliphatic heterocycles. The summed E-state index contributed by atoms with van der Waals surface area (Å²) in [6.07, 6.45) is 0. The van der Waals surface area contributed by atoms with Gasteiger partial charge in [0.1, 0.15) is 5.82 Å². The van der Waals surface area contributed by atoms with Crippen LogP contribution in [0.25, 0.3) is 0 Å². The van der Waals surface area contributed by atoms with Crippen LogP contribution in [0.2, 0.25) is 0 Å². The molecule has 1 heterocycles. The van der Waals surface area contributed by atoms with Crippen molar-refractivity contribution in [1.29, 1.82) is 0 Å². The molecule has 1 aromatic carbocycles. The van der Waals surface area contributed by atoms with Gasteiger partial charge in [-0.2, -0.15) is 0 Å². The molecule has 0 saturated carbocycles. The van der Waals surface area contributed by atoms with E-state index < -0.39 is 18.8 Å². The van der Waals surface area contributed by atoms with Crippen molar-refractivity contribution in [2.75, 3.05) is 18.3 Å². The molecule has 3 nitrogen and oxygen atoms in total. The molecular weight excluding hydrogens is 249 g/mol. The lowest BCUT2D eigenvalue weighted by atomic mass is 10.3. The van der Waals surface area contributed by atoms with Crippen LogP contribution in [-0.4, -0.2) is 19.0 Å². The van der Waals surface area contributed by atoms with Crippen LogP contribution in [0.15, 0.2) is 27.7 Å². The molecule has 0 fully saturated rings. The predicted octanol–water partition coefficient (Wildman–Crippen LogP) is 1.96. The highest BCUT2D eigenvalue weighted by Crippen LogP contribution is 2.24. The van der Waals surface area contributed by atoms with E-state index in [1.54, 1.807) is 6.07 Å². The third-order valence-electron chi connectivity index (χ3n) is 1.61. The van der Waals surface area contributed by atoms with Crippen molar-refractivity contribution in [1.82, 2.24) is 5.32 Å². The molecule has 2 rings (SSSR count). The largest absolute Gasteiger partial charge is 0.354 e. The smallest absolute Gasteiger partial charge is 0.196 e. The Hall–Kier alpha value is -1.10. The van der Waals surface area contributed by atoms with Gasteiger partial charge in [-0.1, -0.05) is 6.07 Å². The molecule has 0 saturated heterocycles. The molecule has 14 heavy (non-hydrogen) atoms. The number of nitrogens with zero attached hydrogens (tertiary/aromatic N) is 1. The van der Waals surface area contributed by atoms with E-state index >= 15 is 0 Å². The van der Waals surface area contributed by atoms with E-state index in [2.05, 4.69) is 31.6 Å². The van der Waals surface area contributed by atoms with Crippen LogP contribution >= 0.6 is 15.9 Å². The van der Waals surface area contributed by atoms with Crippen molar-refractivity contribution in [2.45, 2.75) is 0 Å². The fourth-order valence-electron chi connectivity index (χ4n) is 0.994. The van der Waals surface area contributed by atoms with Gasteiger partial charge in [-0.3, -0.25) is 4.99 Å². The summed E-state index contributed by atoms with van der Waals surface area (Å²) in [5.74, 6) is -0.710. The predicted molar refractivity (Wildman–Crippen MR) is 58.0 cm³/mol. The van der Waals surface area contributed by atoms with Crippen molar-refractivity contribution >= 4 is 27.6 Å². The van der Waals surface area contributed by atoms with E-state index in [-0.39, 0.29) is 11.6 Å². The molecule has 0 spiro atoms. The van der Waals surface area contributed by atoms with Gasteiger partial charge in [0.15, 0.2) is 5.96 Å². The molecule has 0 amide bonds. The number of benzene rings is 1. The van der Waals surface area contributed by atoms with Crippen molar-refractivity contribution in [2.24, 2.45) is 4.99 Å². The van der Waals surface area contributed by atoms with Gasteiger partial charge >= 0.3 is 0 Å². The lowest BCUT2D eigenvalue weighted by molar-refractivity contribution is 0.631. The van der Waals surface area contributed by atoms with Gasteiger partial charge in [0.25, 0.3) is 0 Å². The highest BCUT2D eigenvalue weighted by atomic mass is 79.9. The van der Waals surface area contributed by atoms with Gasteiger partial charge in [-0.25, -0.2) is 4.39 Å². The number of anilines is 1. The first-order valence-corrected chi connectivity index (χ1v) is 4.61. The maximum Gasteiger partial charge on any atom is 0.196 e. The number of hydrogen-bond donors (Lipinski definition) is 2. The molecule has 0 aromatic heterocycles. The molecular formula is C9H9BrFN3. The number of guanidine groups is 1. The normalized spacial score (nSPS) is 26.3. The topological polar surface area (TPSA) is 36.4 Å². The van der Waals surface area contributed by atoms with E-state index in [9.17, 15) is 4.39 Å². The van der Waals surface area contributed by atoms with Gasteiger partial charge in [-0.15, -0.1) is 0 Å². The summed E-state index contributed by atoms with van der Waals surface area (Å²) in [5.41, 5.74) is 0.0669. The molecule has 0 unspecified atom stereocenters. The minimum Gasteiger partial charge on any atom is -0.354 e. The zero-order chi connectivity index (χ0) is 13.6. The summed E-state index contributed by atoms with van der Waals surface area (Å²) >= 11 is 3.14. The Morgan fingerprint density at radius 1 is 1.64 bits per heavy atom. The Morgan fingerprint density at radius 3 is 3.14 bits per heavy atom. The Kier molecular flexibility index (Phi) is 1.61. The maximum atomic E-state index is 13.5. The van der Waals surface area contributed by atoms with Crippen molar-refractivity contribution in [3.8, 4) is 0 Å². The van der Waals surface area contributed by atoms with Crippen molar-refractivity contribution < 1.29 is 9.87 Å². The lowest BCUT2D eigenvalue weighted by Gasteiger charge is -2.09.